The minimum absolute atomic E-state index is 0.167. The van der Waals surface area contributed by atoms with Crippen LogP contribution in [0.4, 0.5) is 0 Å². The molecule has 0 aliphatic carbocycles. The van der Waals surface area contributed by atoms with Crippen molar-refractivity contribution in [2.45, 2.75) is 25.6 Å². The van der Waals surface area contributed by atoms with Crippen molar-refractivity contribution in [3.63, 3.8) is 0 Å². The highest BCUT2D eigenvalue weighted by Gasteiger charge is 2.25. The molecule has 0 radical (unpaired) electrons. The van der Waals surface area contributed by atoms with Gasteiger partial charge >= 0.3 is 0 Å². The van der Waals surface area contributed by atoms with Crippen LogP contribution in [0.2, 0.25) is 0 Å². The fraction of sp³-hybridized carbons (Fsp3) is 0.727. The Morgan fingerprint density at radius 2 is 2.44 bits per heavy atom. The molecule has 0 spiro atoms. The van der Waals surface area contributed by atoms with E-state index in [1.807, 2.05) is 17.9 Å². The van der Waals surface area contributed by atoms with Crippen molar-refractivity contribution in [3.8, 4) is 0 Å². The zero-order valence-electron chi connectivity index (χ0n) is 9.97. The van der Waals surface area contributed by atoms with E-state index in [1.54, 1.807) is 0 Å². The number of aromatic nitrogens is 2. The quantitative estimate of drug-likeness (QED) is 0.783. The Kier molecular flexibility index (Phi) is 3.58. The molecular formula is C11H20N4O. The lowest BCUT2D eigenvalue weighted by atomic mass is 10.2. The van der Waals surface area contributed by atoms with E-state index in [-0.39, 0.29) is 6.10 Å². The molecule has 5 heteroatoms. The van der Waals surface area contributed by atoms with E-state index < -0.39 is 0 Å². The molecule has 2 atom stereocenters. The maximum atomic E-state index is 5.64. The summed E-state index contributed by atoms with van der Waals surface area (Å²) in [4.78, 5) is 2.38. The topological polar surface area (TPSA) is 56.3 Å². The number of ether oxygens (including phenoxy) is 1. The molecule has 5 nitrogen and oxygen atoms in total. The minimum Gasteiger partial charge on any atom is -0.374 e. The smallest absolute Gasteiger partial charge is 0.0824 e. The van der Waals surface area contributed by atoms with Crippen molar-refractivity contribution in [2.75, 3.05) is 19.7 Å². The van der Waals surface area contributed by atoms with Crippen LogP contribution in [0.5, 0.6) is 0 Å². The standard InChI is InChI=1S/C11H20N4O/c1-9-8-16-11(5-12)7-15(9)6-10-3-4-14(2)13-10/h3-4,9,11H,5-8,12H2,1-2H3. The third-order valence-corrected chi connectivity index (χ3v) is 3.03. The summed E-state index contributed by atoms with van der Waals surface area (Å²) in [5.74, 6) is 0. The van der Waals surface area contributed by atoms with Crippen LogP contribution in [0.1, 0.15) is 12.6 Å². The maximum Gasteiger partial charge on any atom is 0.0824 e. The van der Waals surface area contributed by atoms with Gasteiger partial charge in [-0.05, 0) is 13.0 Å². The molecule has 2 heterocycles. The van der Waals surface area contributed by atoms with Crippen molar-refractivity contribution < 1.29 is 4.74 Å². The van der Waals surface area contributed by atoms with Gasteiger partial charge in [0.2, 0.25) is 0 Å². The molecule has 0 saturated carbocycles. The first-order valence-corrected chi connectivity index (χ1v) is 5.73. The van der Waals surface area contributed by atoms with Gasteiger partial charge in [0.05, 0.1) is 18.4 Å². The predicted molar refractivity (Wildman–Crippen MR) is 61.9 cm³/mol. The fourth-order valence-corrected chi connectivity index (χ4v) is 1.99. The van der Waals surface area contributed by atoms with Crippen LogP contribution in [0.15, 0.2) is 12.3 Å². The van der Waals surface area contributed by atoms with Gasteiger partial charge < -0.3 is 10.5 Å². The zero-order chi connectivity index (χ0) is 11.5. The van der Waals surface area contributed by atoms with Gasteiger partial charge in [-0.2, -0.15) is 5.10 Å². The van der Waals surface area contributed by atoms with Crippen LogP contribution in [0, 0.1) is 0 Å². The maximum absolute atomic E-state index is 5.64. The molecule has 1 aromatic heterocycles. The van der Waals surface area contributed by atoms with Gasteiger partial charge in [-0.15, -0.1) is 0 Å². The average Bonchev–Trinajstić information content (AvgIpc) is 2.67. The highest BCUT2D eigenvalue weighted by atomic mass is 16.5. The number of aryl methyl sites for hydroxylation is 1. The van der Waals surface area contributed by atoms with E-state index in [2.05, 4.69) is 23.0 Å². The van der Waals surface area contributed by atoms with Gasteiger partial charge in [0, 0.05) is 38.9 Å². The van der Waals surface area contributed by atoms with Crippen LogP contribution in [0.3, 0.4) is 0 Å². The van der Waals surface area contributed by atoms with Gasteiger partial charge in [0.25, 0.3) is 0 Å². The number of rotatable bonds is 3. The summed E-state index contributed by atoms with van der Waals surface area (Å²) in [6, 6.07) is 2.49. The Morgan fingerprint density at radius 1 is 1.62 bits per heavy atom. The highest BCUT2D eigenvalue weighted by molar-refractivity contribution is 4.99. The van der Waals surface area contributed by atoms with Gasteiger partial charge in [-0.25, -0.2) is 0 Å². The van der Waals surface area contributed by atoms with Gasteiger partial charge in [0.1, 0.15) is 0 Å². The van der Waals surface area contributed by atoms with Crippen LogP contribution in [-0.2, 0) is 18.3 Å². The highest BCUT2D eigenvalue weighted by Crippen LogP contribution is 2.13. The summed E-state index contributed by atoms with van der Waals surface area (Å²) in [6.07, 6.45) is 2.14. The van der Waals surface area contributed by atoms with Crippen molar-refractivity contribution in [1.82, 2.24) is 14.7 Å². The van der Waals surface area contributed by atoms with Crippen LogP contribution >= 0.6 is 0 Å². The molecule has 2 rings (SSSR count). The molecule has 1 fully saturated rings. The van der Waals surface area contributed by atoms with E-state index in [0.717, 1.165) is 25.4 Å². The molecule has 2 unspecified atom stereocenters. The van der Waals surface area contributed by atoms with Crippen molar-refractivity contribution in [3.05, 3.63) is 18.0 Å². The molecule has 16 heavy (non-hydrogen) atoms. The molecule has 0 aromatic carbocycles. The van der Waals surface area contributed by atoms with Gasteiger partial charge in [0.15, 0.2) is 0 Å². The lowest BCUT2D eigenvalue weighted by Gasteiger charge is -2.37. The molecule has 1 aromatic rings. The molecule has 1 aliphatic heterocycles. The van der Waals surface area contributed by atoms with Crippen LogP contribution in [0.25, 0.3) is 0 Å². The SMILES string of the molecule is CC1COC(CN)CN1Cc1ccn(C)n1. The summed E-state index contributed by atoms with van der Waals surface area (Å²) in [5, 5.41) is 4.39. The molecule has 90 valence electrons. The van der Waals surface area contributed by atoms with Crippen LogP contribution < -0.4 is 5.73 Å². The zero-order valence-corrected chi connectivity index (χ0v) is 9.97. The normalized spacial score (nSPS) is 27.2. The Morgan fingerprint density at radius 3 is 3.06 bits per heavy atom. The molecule has 0 bridgehead atoms. The van der Waals surface area contributed by atoms with Crippen molar-refractivity contribution in [2.24, 2.45) is 12.8 Å². The molecule has 2 N–H and O–H groups in total. The van der Waals surface area contributed by atoms with E-state index in [4.69, 9.17) is 10.5 Å². The lowest BCUT2D eigenvalue weighted by Crippen LogP contribution is -2.50. The Hall–Kier alpha value is -0.910. The lowest BCUT2D eigenvalue weighted by molar-refractivity contribution is -0.0571. The van der Waals surface area contributed by atoms with E-state index in [1.165, 1.54) is 0 Å². The number of hydrogen-bond acceptors (Lipinski definition) is 4. The Balaban J connectivity index is 1.96. The third kappa shape index (κ3) is 2.61. The monoisotopic (exact) mass is 224 g/mol. The van der Waals surface area contributed by atoms with E-state index >= 15 is 0 Å². The second-order valence-corrected chi connectivity index (χ2v) is 4.45. The third-order valence-electron chi connectivity index (χ3n) is 3.03. The Labute approximate surface area is 96.2 Å². The number of hydrogen-bond donors (Lipinski definition) is 1. The number of nitrogens with zero attached hydrogens (tertiary/aromatic N) is 3. The summed E-state index contributed by atoms with van der Waals surface area (Å²) < 4.78 is 7.45. The number of nitrogens with two attached hydrogens (primary N) is 1. The first-order valence-electron chi connectivity index (χ1n) is 5.73. The molecule has 0 amide bonds. The number of morpholine rings is 1. The minimum atomic E-state index is 0.167. The van der Waals surface area contributed by atoms with Gasteiger partial charge in [-0.3, -0.25) is 9.58 Å². The second kappa shape index (κ2) is 4.95. The summed E-state index contributed by atoms with van der Waals surface area (Å²) in [6.45, 7) is 5.30. The first kappa shape index (κ1) is 11.6. The second-order valence-electron chi connectivity index (χ2n) is 4.45. The molecular weight excluding hydrogens is 204 g/mol. The average molecular weight is 224 g/mol. The van der Waals surface area contributed by atoms with Crippen molar-refractivity contribution in [1.29, 1.82) is 0 Å². The van der Waals surface area contributed by atoms with Crippen molar-refractivity contribution >= 4 is 0 Å². The summed E-state index contributed by atoms with van der Waals surface area (Å²) >= 11 is 0. The molecule has 1 aliphatic rings. The Bertz CT molecular complexity index is 338. The predicted octanol–water partition coefficient (Wildman–Crippen LogP) is -0.0319. The van der Waals surface area contributed by atoms with Crippen LogP contribution in [-0.4, -0.2) is 46.5 Å². The first-order chi connectivity index (χ1) is 7.69. The fourth-order valence-electron chi connectivity index (χ4n) is 1.99. The molecule has 1 saturated heterocycles. The summed E-state index contributed by atoms with van der Waals surface area (Å²) in [5.41, 5.74) is 6.74. The summed E-state index contributed by atoms with van der Waals surface area (Å²) in [7, 11) is 1.94. The van der Waals surface area contributed by atoms with Gasteiger partial charge in [-0.1, -0.05) is 0 Å². The van der Waals surface area contributed by atoms with E-state index in [9.17, 15) is 0 Å². The largest absolute Gasteiger partial charge is 0.374 e. The van der Waals surface area contributed by atoms with E-state index in [0.29, 0.717) is 12.6 Å².